The molecule has 8 heteroatoms. The van der Waals surface area contributed by atoms with E-state index in [-0.39, 0.29) is 17.7 Å². The summed E-state index contributed by atoms with van der Waals surface area (Å²) in [6.07, 6.45) is 2.78. The zero-order valence-corrected chi connectivity index (χ0v) is 14.6. The third kappa shape index (κ3) is 3.58. The van der Waals surface area contributed by atoms with Crippen LogP contribution in [0.25, 0.3) is 0 Å². The van der Waals surface area contributed by atoms with Gasteiger partial charge in [0.05, 0.1) is 25.1 Å². The first-order chi connectivity index (χ1) is 12.5. The number of carbonyl (C=O) groups is 2. The monoisotopic (exact) mass is 356 g/mol. The van der Waals surface area contributed by atoms with Crippen molar-refractivity contribution in [2.24, 2.45) is 0 Å². The maximum Gasteiger partial charge on any atom is 0.356 e. The van der Waals surface area contributed by atoms with Crippen molar-refractivity contribution in [2.45, 2.75) is 13.0 Å². The first kappa shape index (κ1) is 17.7. The molecule has 1 fully saturated rings. The van der Waals surface area contributed by atoms with E-state index >= 15 is 0 Å². The van der Waals surface area contributed by atoms with Crippen molar-refractivity contribution < 1.29 is 19.4 Å². The molecule has 2 aromatic rings. The molecule has 1 N–H and O–H groups in total. The van der Waals surface area contributed by atoms with Crippen molar-refractivity contribution in [3.05, 3.63) is 47.9 Å². The molecule has 0 radical (unpaired) electrons. The van der Waals surface area contributed by atoms with Gasteiger partial charge in [0, 0.05) is 31.4 Å². The molecule has 8 nitrogen and oxygen atoms in total. The average Bonchev–Trinajstić information content (AvgIpc) is 2.67. The van der Waals surface area contributed by atoms with Gasteiger partial charge >= 0.3 is 11.9 Å². The third-order valence-electron chi connectivity index (χ3n) is 4.43. The van der Waals surface area contributed by atoms with E-state index in [0.29, 0.717) is 11.4 Å². The number of ether oxygens (including phenoxy) is 1. The largest absolute Gasteiger partial charge is 0.476 e. The van der Waals surface area contributed by atoms with Gasteiger partial charge in [0.2, 0.25) is 0 Å². The molecule has 2 heterocycles. The van der Waals surface area contributed by atoms with Crippen molar-refractivity contribution in [1.82, 2.24) is 9.97 Å². The molecule has 3 rings (SSSR count). The number of benzene rings is 1. The molecule has 0 amide bonds. The van der Waals surface area contributed by atoms with Crippen molar-refractivity contribution in [1.29, 1.82) is 0 Å². The Morgan fingerprint density at radius 3 is 2.42 bits per heavy atom. The lowest BCUT2D eigenvalue weighted by Crippen LogP contribution is -2.52. The minimum absolute atomic E-state index is 0.0641. The summed E-state index contributed by atoms with van der Waals surface area (Å²) in [7, 11) is 1.36. The molecule has 1 aliphatic rings. The number of carboxylic acid groups (broad SMARTS) is 1. The zero-order valence-electron chi connectivity index (χ0n) is 14.6. The molecule has 1 unspecified atom stereocenters. The van der Waals surface area contributed by atoms with Crippen LogP contribution in [-0.4, -0.2) is 59.8 Å². The van der Waals surface area contributed by atoms with Crippen molar-refractivity contribution in [2.75, 3.05) is 36.5 Å². The van der Waals surface area contributed by atoms with Gasteiger partial charge in [-0.1, -0.05) is 0 Å². The fourth-order valence-electron chi connectivity index (χ4n) is 3.04. The van der Waals surface area contributed by atoms with Crippen LogP contribution in [0.15, 0.2) is 36.7 Å². The summed E-state index contributed by atoms with van der Waals surface area (Å²) in [6.45, 7) is 4.38. The third-order valence-corrected chi connectivity index (χ3v) is 4.43. The summed E-state index contributed by atoms with van der Waals surface area (Å²) >= 11 is 0. The Morgan fingerprint density at radius 1 is 1.15 bits per heavy atom. The number of rotatable bonds is 4. The predicted octanol–water partition coefficient (Wildman–Crippen LogP) is 1.68. The van der Waals surface area contributed by atoms with Gasteiger partial charge < -0.3 is 19.6 Å². The van der Waals surface area contributed by atoms with Crippen LogP contribution < -0.4 is 9.80 Å². The van der Waals surface area contributed by atoms with Crippen LogP contribution in [0.3, 0.4) is 0 Å². The van der Waals surface area contributed by atoms with Gasteiger partial charge in [-0.3, -0.25) is 0 Å². The fraction of sp³-hybridized carbons (Fsp3) is 0.333. The van der Waals surface area contributed by atoms with E-state index in [1.54, 1.807) is 12.1 Å². The second-order valence-electron chi connectivity index (χ2n) is 6.09. The molecule has 0 bridgehead atoms. The number of aromatic nitrogens is 2. The Hall–Kier alpha value is -3.16. The number of carbonyl (C=O) groups excluding carboxylic acids is 1. The summed E-state index contributed by atoms with van der Waals surface area (Å²) in [5.74, 6) is -0.765. The van der Waals surface area contributed by atoms with Crippen LogP contribution in [-0.2, 0) is 4.74 Å². The lowest BCUT2D eigenvalue weighted by atomic mass is 10.1. The highest BCUT2D eigenvalue weighted by Crippen LogP contribution is 2.23. The molecule has 1 aliphatic heterocycles. The van der Waals surface area contributed by atoms with Crippen molar-refractivity contribution in [3.63, 3.8) is 0 Å². The Balaban J connectivity index is 1.68. The smallest absolute Gasteiger partial charge is 0.356 e. The Labute approximate surface area is 151 Å². The zero-order chi connectivity index (χ0) is 18.7. The predicted molar refractivity (Wildman–Crippen MR) is 95.8 cm³/mol. The van der Waals surface area contributed by atoms with Gasteiger partial charge in [0.15, 0.2) is 5.69 Å². The quantitative estimate of drug-likeness (QED) is 0.827. The first-order valence-electron chi connectivity index (χ1n) is 8.25. The maximum atomic E-state index is 11.5. The number of methoxy groups -OCH3 is 1. The highest BCUT2D eigenvalue weighted by molar-refractivity contribution is 5.89. The molecule has 0 spiro atoms. The summed E-state index contributed by atoms with van der Waals surface area (Å²) in [4.78, 5) is 34.9. The Kier molecular flexibility index (Phi) is 5.01. The van der Waals surface area contributed by atoms with Crippen LogP contribution in [0, 0.1) is 0 Å². The minimum Gasteiger partial charge on any atom is -0.476 e. The van der Waals surface area contributed by atoms with E-state index in [1.165, 1.54) is 19.5 Å². The number of hydrogen-bond donors (Lipinski definition) is 1. The number of aromatic carboxylic acids is 1. The van der Waals surface area contributed by atoms with Crippen molar-refractivity contribution in [3.8, 4) is 0 Å². The number of anilines is 2. The van der Waals surface area contributed by atoms with Crippen molar-refractivity contribution >= 4 is 23.4 Å². The van der Waals surface area contributed by atoms with Crippen LogP contribution in [0.1, 0.15) is 27.8 Å². The van der Waals surface area contributed by atoms with Gasteiger partial charge in [0.1, 0.15) is 5.82 Å². The SMILES string of the molecule is COC(=O)c1ccc(N2CCN(c3cnc(C(=O)O)cn3)C(C)C2)cc1. The fourth-order valence-corrected chi connectivity index (χ4v) is 3.04. The maximum absolute atomic E-state index is 11.5. The van der Waals surface area contributed by atoms with Gasteiger partial charge in [-0.15, -0.1) is 0 Å². The minimum atomic E-state index is -1.09. The number of esters is 1. The van der Waals surface area contributed by atoms with E-state index in [9.17, 15) is 9.59 Å². The lowest BCUT2D eigenvalue weighted by molar-refractivity contribution is 0.0599. The molecular formula is C18H20N4O4. The number of nitrogens with zero attached hydrogens (tertiary/aromatic N) is 4. The van der Waals surface area contributed by atoms with E-state index in [2.05, 4.69) is 26.7 Å². The molecule has 1 atom stereocenters. The van der Waals surface area contributed by atoms with Crippen LogP contribution in [0.2, 0.25) is 0 Å². The molecule has 0 aliphatic carbocycles. The van der Waals surface area contributed by atoms with Crippen LogP contribution >= 0.6 is 0 Å². The van der Waals surface area contributed by atoms with Gasteiger partial charge in [0.25, 0.3) is 0 Å². The van der Waals surface area contributed by atoms with Crippen LogP contribution in [0.4, 0.5) is 11.5 Å². The molecule has 1 aromatic heterocycles. The van der Waals surface area contributed by atoms with E-state index in [1.807, 2.05) is 12.1 Å². The molecule has 0 saturated carbocycles. The molecule has 26 heavy (non-hydrogen) atoms. The second-order valence-corrected chi connectivity index (χ2v) is 6.09. The summed E-state index contributed by atoms with van der Waals surface area (Å²) < 4.78 is 4.72. The Bertz CT molecular complexity index is 792. The molecule has 136 valence electrons. The van der Waals surface area contributed by atoms with E-state index in [0.717, 1.165) is 25.3 Å². The average molecular weight is 356 g/mol. The topological polar surface area (TPSA) is 95.9 Å². The number of piperazine rings is 1. The summed E-state index contributed by atoms with van der Waals surface area (Å²) in [6, 6.07) is 7.52. The number of carboxylic acids is 1. The lowest BCUT2D eigenvalue weighted by Gasteiger charge is -2.41. The molecule has 1 saturated heterocycles. The van der Waals surface area contributed by atoms with Crippen LogP contribution in [0.5, 0.6) is 0 Å². The summed E-state index contributed by atoms with van der Waals surface area (Å²) in [5.41, 5.74) is 1.50. The second kappa shape index (κ2) is 7.38. The summed E-state index contributed by atoms with van der Waals surface area (Å²) in [5, 5.41) is 8.92. The number of hydrogen-bond acceptors (Lipinski definition) is 7. The highest BCUT2D eigenvalue weighted by atomic mass is 16.5. The molecule has 1 aromatic carbocycles. The normalized spacial score (nSPS) is 17.1. The van der Waals surface area contributed by atoms with E-state index in [4.69, 9.17) is 9.84 Å². The first-order valence-corrected chi connectivity index (χ1v) is 8.25. The highest BCUT2D eigenvalue weighted by Gasteiger charge is 2.25. The Morgan fingerprint density at radius 2 is 1.88 bits per heavy atom. The standard InChI is InChI=1S/C18H20N4O4/c1-12-11-21(14-5-3-13(4-6-14)18(25)26-2)7-8-22(12)16-10-19-15(9-20-16)17(23)24/h3-6,9-10,12H,7-8,11H2,1-2H3,(H,23,24). The van der Waals surface area contributed by atoms with Gasteiger partial charge in [-0.05, 0) is 31.2 Å². The van der Waals surface area contributed by atoms with Gasteiger partial charge in [-0.2, -0.15) is 0 Å². The van der Waals surface area contributed by atoms with Gasteiger partial charge in [-0.25, -0.2) is 19.6 Å². The van der Waals surface area contributed by atoms with E-state index < -0.39 is 5.97 Å². The molecular weight excluding hydrogens is 336 g/mol.